The van der Waals surface area contributed by atoms with Gasteiger partial charge in [-0.1, -0.05) is 23.9 Å². The number of carbonyl (C=O) groups excluding carboxylic acids is 1. The molecule has 0 aliphatic heterocycles. The first-order valence-electron chi connectivity index (χ1n) is 6.82. The van der Waals surface area contributed by atoms with E-state index in [9.17, 15) is 9.18 Å². The van der Waals surface area contributed by atoms with Crippen molar-refractivity contribution in [1.82, 2.24) is 0 Å². The van der Waals surface area contributed by atoms with Gasteiger partial charge in [-0.25, -0.2) is 10.2 Å². The predicted molar refractivity (Wildman–Crippen MR) is 92.7 cm³/mol. The van der Waals surface area contributed by atoms with Gasteiger partial charge >= 0.3 is 0 Å². The molecule has 0 aromatic heterocycles. The maximum Gasteiger partial charge on any atom is 0.201 e. The molecule has 0 saturated carbocycles. The number of halogens is 1. The average molecular weight is 332 g/mol. The SMILES string of the molecule is Cc1cccc(N(N)/C(=N\N)SCC(=O)c2ccc(F)cc2)c1. The van der Waals surface area contributed by atoms with Crippen molar-refractivity contribution in [2.45, 2.75) is 6.92 Å². The molecule has 23 heavy (non-hydrogen) atoms. The van der Waals surface area contributed by atoms with Crippen LogP contribution in [-0.2, 0) is 0 Å². The molecule has 0 aliphatic rings. The summed E-state index contributed by atoms with van der Waals surface area (Å²) in [5.41, 5.74) is 2.19. The predicted octanol–water partition coefficient (Wildman–Crippen LogP) is 2.66. The van der Waals surface area contributed by atoms with Crippen molar-refractivity contribution in [2.75, 3.05) is 10.8 Å². The Morgan fingerprint density at radius 1 is 1.26 bits per heavy atom. The van der Waals surface area contributed by atoms with Crippen LogP contribution in [-0.4, -0.2) is 16.7 Å². The molecule has 0 aliphatic carbocycles. The summed E-state index contributed by atoms with van der Waals surface area (Å²) < 4.78 is 12.9. The molecule has 5 nitrogen and oxygen atoms in total. The monoisotopic (exact) mass is 332 g/mol. The second-order valence-electron chi connectivity index (χ2n) is 4.84. The first kappa shape index (κ1) is 17.0. The number of carbonyl (C=O) groups is 1. The van der Waals surface area contributed by atoms with Gasteiger partial charge in [-0.2, -0.15) is 5.10 Å². The Labute approximate surface area is 138 Å². The van der Waals surface area contributed by atoms with Crippen molar-refractivity contribution in [3.63, 3.8) is 0 Å². The van der Waals surface area contributed by atoms with Gasteiger partial charge in [-0.05, 0) is 48.9 Å². The molecule has 0 amide bonds. The summed E-state index contributed by atoms with van der Waals surface area (Å²) >= 11 is 1.12. The first-order valence-corrected chi connectivity index (χ1v) is 7.81. The van der Waals surface area contributed by atoms with Gasteiger partial charge in [0.1, 0.15) is 5.82 Å². The third kappa shape index (κ3) is 4.54. The van der Waals surface area contributed by atoms with Crippen LogP contribution >= 0.6 is 11.8 Å². The Kier molecular flexibility index (Phi) is 5.72. The van der Waals surface area contributed by atoms with Gasteiger partial charge in [-0.3, -0.25) is 9.80 Å². The lowest BCUT2D eigenvalue weighted by molar-refractivity contribution is 0.102. The quantitative estimate of drug-likeness (QED) is 0.296. The largest absolute Gasteiger partial charge is 0.321 e. The van der Waals surface area contributed by atoms with Gasteiger partial charge < -0.3 is 5.84 Å². The smallest absolute Gasteiger partial charge is 0.201 e. The molecular formula is C16H17FN4OS. The van der Waals surface area contributed by atoms with Gasteiger partial charge in [-0.15, -0.1) is 0 Å². The van der Waals surface area contributed by atoms with E-state index in [1.165, 1.54) is 29.3 Å². The van der Waals surface area contributed by atoms with Gasteiger partial charge in [0.15, 0.2) is 5.78 Å². The summed E-state index contributed by atoms with van der Waals surface area (Å²) in [7, 11) is 0. The van der Waals surface area contributed by atoms with E-state index >= 15 is 0 Å². The number of amidine groups is 1. The van der Waals surface area contributed by atoms with E-state index in [1.54, 1.807) is 0 Å². The number of hydrazone groups is 1. The highest BCUT2D eigenvalue weighted by atomic mass is 32.2. The molecule has 4 N–H and O–H groups in total. The highest BCUT2D eigenvalue weighted by Crippen LogP contribution is 2.18. The molecule has 0 unspecified atom stereocenters. The van der Waals surface area contributed by atoms with Gasteiger partial charge in [0.2, 0.25) is 5.17 Å². The minimum atomic E-state index is -0.383. The Morgan fingerprint density at radius 2 is 1.96 bits per heavy atom. The van der Waals surface area contributed by atoms with Crippen LogP contribution in [0.2, 0.25) is 0 Å². The number of hydrogen-bond acceptors (Lipinski definition) is 5. The Balaban J connectivity index is 2.02. The fourth-order valence-electron chi connectivity index (χ4n) is 1.91. The van der Waals surface area contributed by atoms with Crippen molar-refractivity contribution >= 4 is 28.4 Å². The molecular weight excluding hydrogens is 315 g/mol. The maximum atomic E-state index is 12.9. The summed E-state index contributed by atoms with van der Waals surface area (Å²) in [4.78, 5) is 12.1. The lowest BCUT2D eigenvalue weighted by Crippen LogP contribution is -2.37. The third-order valence-corrected chi connectivity index (χ3v) is 4.06. The van der Waals surface area contributed by atoms with E-state index < -0.39 is 0 Å². The maximum absolute atomic E-state index is 12.9. The zero-order valence-corrected chi connectivity index (χ0v) is 13.4. The number of anilines is 1. The molecule has 7 heteroatoms. The molecule has 2 rings (SSSR count). The summed E-state index contributed by atoms with van der Waals surface area (Å²) in [6.07, 6.45) is 0. The van der Waals surface area contributed by atoms with Crippen LogP contribution in [0, 0.1) is 12.7 Å². The van der Waals surface area contributed by atoms with Crippen LogP contribution in [0.1, 0.15) is 15.9 Å². The first-order chi connectivity index (χ1) is 11.0. The average Bonchev–Trinajstić information content (AvgIpc) is 2.55. The molecule has 0 atom stereocenters. The molecule has 0 spiro atoms. The number of ketones is 1. The van der Waals surface area contributed by atoms with Crippen LogP contribution in [0.4, 0.5) is 10.1 Å². The Bertz CT molecular complexity index is 718. The van der Waals surface area contributed by atoms with Gasteiger partial charge in [0.05, 0.1) is 11.4 Å². The normalized spacial score (nSPS) is 11.3. The van der Waals surface area contributed by atoms with Crippen LogP contribution in [0.25, 0.3) is 0 Å². The topological polar surface area (TPSA) is 84.7 Å². The highest BCUT2D eigenvalue weighted by Gasteiger charge is 2.14. The van der Waals surface area contributed by atoms with E-state index in [0.717, 1.165) is 23.0 Å². The zero-order valence-electron chi connectivity index (χ0n) is 12.6. The van der Waals surface area contributed by atoms with Crippen LogP contribution in [0.15, 0.2) is 53.6 Å². The molecule has 0 bridgehead atoms. The molecule has 2 aromatic carbocycles. The van der Waals surface area contributed by atoms with Crippen LogP contribution in [0.3, 0.4) is 0 Å². The van der Waals surface area contributed by atoms with E-state index in [0.29, 0.717) is 10.7 Å². The minimum Gasteiger partial charge on any atom is -0.321 e. The van der Waals surface area contributed by atoms with E-state index in [-0.39, 0.29) is 17.4 Å². The van der Waals surface area contributed by atoms with Gasteiger partial charge in [0, 0.05) is 5.56 Å². The van der Waals surface area contributed by atoms with Crippen LogP contribution in [0.5, 0.6) is 0 Å². The van der Waals surface area contributed by atoms with Crippen molar-refractivity contribution in [3.8, 4) is 0 Å². The number of nitrogens with two attached hydrogens (primary N) is 2. The molecule has 0 radical (unpaired) electrons. The highest BCUT2D eigenvalue weighted by molar-refractivity contribution is 8.14. The number of thioether (sulfide) groups is 1. The lowest BCUT2D eigenvalue weighted by Gasteiger charge is -2.19. The Hall–Kier alpha value is -2.38. The number of aryl methyl sites for hydroxylation is 1. The molecule has 2 aromatic rings. The fraction of sp³-hybridized carbons (Fsp3) is 0.125. The summed E-state index contributed by atoms with van der Waals surface area (Å²) in [5, 5.41) is 5.28. The summed E-state index contributed by atoms with van der Waals surface area (Å²) in [5.74, 6) is 10.9. The summed E-state index contributed by atoms with van der Waals surface area (Å²) in [6.45, 7) is 1.95. The van der Waals surface area contributed by atoms with E-state index in [1.807, 2.05) is 31.2 Å². The number of Topliss-reactive ketones (excluding diaryl/α,β-unsaturated/α-hetero) is 1. The molecule has 0 fully saturated rings. The van der Waals surface area contributed by atoms with E-state index in [2.05, 4.69) is 5.10 Å². The number of hydrogen-bond donors (Lipinski definition) is 2. The van der Waals surface area contributed by atoms with Crippen molar-refractivity contribution in [3.05, 3.63) is 65.5 Å². The second-order valence-corrected chi connectivity index (χ2v) is 5.78. The standard InChI is InChI=1S/C16H17FN4OS/c1-11-3-2-4-14(9-11)21(19)16(20-18)23-10-15(22)12-5-7-13(17)8-6-12/h2-9H,10,18-19H2,1H3/b20-16+. The number of hydrazine groups is 1. The summed E-state index contributed by atoms with van der Waals surface area (Å²) in [6, 6.07) is 12.9. The fourth-order valence-corrected chi connectivity index (χ4v) is 2.65. The number of nitrogens with zero attached hydrogens (tertiary/aromatic N) is 2. The minimum absolute atomic E-state index is 0.0984. The van der Waals surface area contributed by atoms with Crippen molar-refractivity contribution < 1.29 is 9.18 Å². The number of benzene rings is 2. The molecule has 0 heterocycles. The lowest BCUT2D eigenvalue weighted by atomic mass is 10.1. The van der Waals surface area contributed by atoms with E-state index in [4.69, 9.17) is 11.7 Å². The number of rotatable bonds is 4. The second kappa shape index (κ2) is 7.75. The van der Waals surface area contributed by atoms with Gasteiger partial charge in [0.25, 0.3) is 0 Å². The van der Waals surface area contributed by atoms with Crippen molar-refractivity contribution in [2.24, 2.45) is 16.8 Å². The molecule has 120 valence electrons. The van der Waals surface area contributed by atoms with Crippen LogP contribution < -0.4 is 16.7 Å². The van der Waals surface area contributed by atoms with Crippen molar-refractivity contribution in [1.29, 1.82) is 0 Å². The zero-order chi connectivity index (χ0) is 16.8. The third-order valence-electron chi connectivity index (χ3n) is 3.09. The molecule has 0 saturated heterocycles. The Morgan fingerprint density at radius 3 is 2.57 bits per heavy atom.